The maximum Gasteiger partial charge on any atom is 0.247 e. The third-order valence-corrected chi connectivity index (χ3v) is 4.33. The number of rotatable bonds is 4. The van der Waals surface area contributed by atoms with Crippen LogP contribution in [0, 0.1) is 16.9 Å². The molecule has 1 aromatic carbocycles. The fraction of sp³-hybridized carbons (Fsp3) is 0.526. The lowest BCUT2D eigenvalue weighted by atomic mass is 9.87. The van der Waals surface area contributed by atoms with E-state index >= 15 is 0 Å². The summed E-state index contributed by atoms with van der Waals surface area (Å²) in [6.45, 7) is 7.94. The Morgan fingerprint density at radius 1 is 1.25 bits per heavy atom. The lowest BCUT2D eigenvalue weighted by Gasteiger charge is -2.29. The maximum absolute atomic E-state index is 12.5. The molecule has 1 N–H and O–H groups in total. The molecule has 1 fully saturated rings. The molecule has 0 bridgehead atoms. The van der Waals surface area contributed by atoms with Crippen LogP contribution in [-0.2, 0) is 4.79 Å². The van der Waals surface area contributed by atoms with Gasteiger partial charge in [-0.1, -0.05) is 20.8 Å². The van der Waals surface area contributed by atoms with Crippen LogP contribution in [-0.4, -0.2) is 28.7 Å². The van der Waals surface area contributed by atoms with Gasteiger partial charge in [0.15, 0.2) is 12.0 Å². The van der Waals surface area contributed by atoms with Gasteiger partial charge in [0, 0.05) is 17.3 Å². The second kappa shape index (κ2) is 7.04. The van der Waals surface area contributed by atoms with Gasteiger partial charge in [-0.15, -0.1) is 0 Å². The van der Waals surface area contributed by atoms with Crippen LogP contribution in [0.25, 0.3) is 0 Å². The van der Waals surface area contributed by atoms with Crippen molar-refractivity contribution in [1.29, 1.82) is 5.26 Å². The number of nitrogens with one attached hydrogen (secondary N) is 1. The minimum atomic E-state index is -0.421. The van der Waals surface area contributed by atoms with Crippen LogP contribution >= 0.6 is 0 Å². The summed E-state index contributed by atoms with van der Waals surface area (Å²) < 4.78 is 0. The Morgan fingerprint density at radius 3 is 2.38 bits per heavy atom. The average Bonchev–Trinajstić information content (AvgIpc) is 2.88. The molecule has 0 aromatic heterocycles. The molecule has 1 aliphatic rings. The van der Waals surface area contributed by atoms with Crippen molar-refractivity contribution in [3.05, 3.63) is 29.8 Å². The van der Waals surface area contributed by atoms with Crippen molar-refractivity contribution in [3.63, 3.8) is 0 Å². The van der Waals surface area contributed by atoms with E-state index < -0.39 is 6.04 Å². The van der Waals surface area contributed by atoms with Crippen LogP contribution in [0.1, 0.15) is 57.3 Å². The lowest BCUT2D eigenvalue weighted by molar-refractivity contribution is -0.119. The second-order valence-electron chi connectivity index (χ2n) is 7.64. The molecule has 1 aromatic rings. The number of Topliss-reactive ketones (excluding diaryl/α,β-unsaturated/α-hetero) is 1. The molecule has 0 spiro atoms. The average molecular weight is 327 g/mol. The van der Waals surface area contributed by atoms with Gasteiger partial charge in [0.2, 0.25) is 5.91 Å². The summed E-state index contributed by atoms with van der Waals surface area (Å²) in [5.74, 6) is -0.173. The molecule has 5 heteroatoms. The second-order valence-corrected chi connectivity index (χ2v) is 7.64. The zero-order chi connectivity index (χ0) is 17.9. The Balaban J connectivity index is 2.04. The number of amides is 1. The Bertz CT molecular complexity index is 653. The van der Waals surface area contributed by atoms with Gasteiger partial charge in [-0.3, -0.25) is 14.5 Å². The van der Waals surface area contributed by atoms with Gasteiger partial charge in [-0.2, -0.15) is 5.26 Å². The minimum Gasteiger partial charge on any atom is -0.324 e. The Morgan fingerprint density at radius 2 is 1.88 bits per heavy atom. The molecule has 1 heterocycles. The smallest absolute Gasteiger partial charge is 0.247 e. The first-order chi connectivity index (χ1) is 11.2. The number of anilines is 1. The molecule has 1 amide bonds. The van der Waals surface area contributed by atoms with E-state index in [0.29, 0.717) is 17.7 Å². The van der Waals surface area contributed by atoms with Gasteiger partial charge in [0.05, 0.1) is 0 Å². The van der Waals surface area contributed by atoms with Crippen LogP contribution in [0.4, 0.5) is 5.69 Å². The number of benzene rings is 1. The van der Waals surface area contributed by atoms with Gasteiger partial charge in [0.25, 0.3) is 0 Å². The van der Waals surface area contributed by atoms with Gasteiger partial charge in [-0.05, 0) is 55.9 Å². The van der Waals surface area contributed by atoms with Gasteiger partial charge < -0.3 is 5.32 Å². The zero-order valence-electron chi connectivity index (χ0n) is 14.8. The van der Waals surface area contributed by atoms with Crippen molar-refractivity contribution >= 4 is 17.4 Å². The first-order valence-electron chi connectivity index (χ1n) is 8.31. The fourth-order valence-corrected chi connectivity index (χ4v) is 3.21. The number of carbonyl (C=O) groups is 2. The van der Waals surface area contributed by atoms with Crippen LogP contribution in [0.2, 0.25) is 0 Å². The van der Waals surface area contributed by atoms with E-state index in [0.717, 1.165) is 12.8 Å². The van der Waals surface area contributed by atoms with Crippen LogP contribution in [0.5, 0.6) is 0 Å². The largest absolute Gasteiger partial charge is 0.324 e. The highest BCUT2D eigenvalue weighted by atomic mass is 16.2. The van der Waals surface area contributed by atoms with E-state index in [4.69, 9.17) is 0 Å². The lowest BCUT2D eigenvalue weighted by Crippen LogP contribution is -2.41. The Labute approximate surface area is 143 Å². The van der Waals surface area contributed by atoms with Crippen molar-refractivity contribution in [3.8, 4) is 6.19 Å². The highest BCUT2D eigenvalue weighted by Crippen LogP contribution is 2.33. The van der Waals surface area contributed by atoms with E-state index in [1.54, 1.807) is 29.2 Å². The van der Waals surface area contributed by atoms with Gasteiger partial charge in [-0.25, -0.2) is 0 Å². The predicted molar refractivity (Wildman–Crippen MR) is 93.4 cm³/mol. The van der Waals surface area contributed by atoms with Crippen molar-refractivity contribution in [2.45, 2.75) is 59.0 Å². The summed E-state index contributed by atoms with van der Waals surface area (Å²) in [4.78, 5) is 25.5. The Hall–Kier alpha value is -2.35. The molecular formula is C19H25N3O2. The third-order valence-electron chi connectivity index (χ3n) is 4.33. The number of hydrogen-bond donors (Lipinski definition) is 1. The van der Waals surface area contributed by atoms with E-state index in [1.807, 2.05) is 0 Å². The summed E-state index contributed by atoms with van der Waals surface area (Å²) in [7, 11) is 0. The molecule has 1 saturated heterocycles. The van der Waals surface area contributed by atoms with Crippen molar-refractivity contribution in [2.24, 2.45) is 5.41 Å². The number of carbonyl (C=O) groups excluding carboxylic acids is 2. The number of nitrogens with zero attached hydrogens (tertiary/aromatic N) is 2. The van der Waals surface area contributed by atoms with E-state index in [2.05, 4.69) is 32.3 Å². The highest BCUT2D eigenvalue weighted by molar-refractivity contribution is 5.97. The van der Waals surface area contributed by atoms with Crippen molar-refractivity contribution in [2.75, 3.05) is 5.32 Å². The summed E-state index contributed by atoms with van der Waals surface area (Å²) in [5.41, 5.74) is 1.37. The molecule has 2 rings (SSSR count). The van der Waals surface area contributed by atoms with Crippen molar-refractivity contribution in [1.82, 2.24) is 4.90 Å². The summed E-state index contributed by atoms with van der Waals surface area (Å²) in [6.07, 6.45) is 4.63. The molecule has 0 aliphatic carbocycles. The van der Waals surface area contributed by atoms with Crippen LogP contribution < -0.4 is 5.32 Å². The SMILES string of the molecule is CC(=O)c1ccc(NC(=O)C2CCC(CC(C)(C)C)N2C#N)cc1. The summed E-state index contributed by atoms with van der Waals surface area (Å²) >= 11 is 0. The molecular weight excluding hydrogens is 302 g/mol. The molecule has 0 saturated carbocycles. The fourth-order valence-electron chi connectivity index (χ4n) is 3.21. The van der Waals surface area contributed by atoms with Crippen molar-refractivity contribution < 1.29 is 9.59 Å². The molecule has 24 heavy (non-hydrogen) atoms. The van der Waals surface area contributed by atoms with E-state index in [1.165, 1.54) is 6.92 Å². The predicted octanol–water partition coefficient (Wildman–Crippen LogP) is 3.58. The first-order valence-corrected chi connectivity index (χ1v) is 8.31. The monoisotopic (exact) mass is 327 g/mol. The third kappa shape index (κ3) is 4.35. The zero-order valence-corrected chi connectivity index (χ0v) is 14.8. The minimum absolute atomic E-state index is 0.00986. The quantitative estimate of drug-likeness (QED) is 0.677. The molecule has 0 radical (unpaired) electrons. The van der Waals surface area contributed by atoms with Crippen LogP contribution in [0.3, 0.4) is 0 Å². The normalized spacial score (nSPS) is 20.5. The van der Waals surface area contributed by atoms with E-state index in [-0.39, 0.29) is 23.1 Å². The molecule has 5 nitrogen and oxygen atoms in total. The standard InChI is InChI=1S/C19H25N3O2/c1-13(23)14-5-7-15(8-6-14)21-18(24)17-10-9-16(22(17)12-20)11-19(2,3)4/h5-8,16-17H,9-11H2,1-4H3,(H,21,24). The topological polar surface area (TPSA) is 73.2 Å². The van der Waals surface area contributed by atoms with Gasteiger partial charge >= 0.3 is 0 Å². The number of likely N-dealkylation sites (tertiary alicyclic amines) is 1. The number of nitriles is 1. The summed E-state index contributed by atoms with van der Waals surface area (Å²) in [5, 5.41) is 12.3. The maximum atomic E-state index is 12.5. The van der Waals surface area contributed by atoms with Gasteiger partial charge in [0.1, 0.15) is 6.04 Å². The molecule has 2 unspecified atom stereocenters. The first kappa shape index (κ1) is 18.0. The number of ketones is 1. The Kier molecular flexibility index (Phi) is 5.28. The molecule has 128 valence electrons. The molecule has 2 atom stereocenters. The molecule has 1 aliphatic heterocycles. The highest BCUT2D eigenvalue weighted by Gasteiger charge is 2.38. The van der Waals surface area contributed by atoms with Crippen LogP contribution in [0.15, 0.2) is 24.3 Å². The van der Waals surface area contributed by atoms with E-state index in [9.17, 15) is 14.9 Å². The summed E-state index contributed by atoms with van der Waals surface area (Å²) in [6, 6.07) is 6.51. The number of hydrogen-bond acceptors (Lipinski definition) is 4.